The number of likely N-dealkylation sites (tertiary alicyclic amines) is 1. The zero-order valence-corrected chi connectivity index (χ0v) is 15.5. The summed E-state index contributed by atoms with van der Waals surface area (Å²) in [5, 5.41) is 11.9. The predicted octanol–water partition coefficient (Wildman–Crippen LogP) is 3.70. The van der Waals surface area contributed by atoms with Crippen LogP contribution in [-0.2, 0) is 6.54 Å². The van der Waals surface area contributed by atoms with E-state index in [-0.39, 0.29) is 11.9 Å². The van der Waals surface area contributed by atoms with Crippen LogP contribution in [0, 0.1) is 11.3 Å². The molecule has 0 aromatic heterocycles. The van der Waals surface area contributed by atoms with Gasteiger partial charge in [-0.2, -0.15) is 5.26 Å². The number of nitriles is 1. The van der Waals surface area contributed by atoms with Gasteiger partial charge in [0.1, 0.15) is 0 Å². The van der Waals surface area contributed by atoms with Crippen LogP contribution in [0.4, 0.5) is 0 Å². The monoisotopic (exact) mass is 365 g/mol. The first-order valence-electron chi connectivity index (χ1n) is 8.92. The van der Waals surface area contributed by atoms with Gasteiger partial charge >= 0.3 is 0 Å². The number of amides is 1. The number of carbonyl (C=O) groups is 1. The summed E-state index contributed by atoms with van der Waals surface area (Å²) in [4.78, 5) is 16.0. The Kier molecular flexibility index (Phi) is 6.70. The molecule has 3 rings (SSSR count). The van der Waals surface area contributed by atoms with E-state index in [9.17, 15) is 4.79 Å². The Balaban J connectivity index is 1.52. The summed E-state index contributed by atoms with van der Waals surface area (Å²) in [5.41, 5.74) is 2.00. The van der Waals surface area contributed by atoms with Crippen molar-refractivity contribution in [3.05, 3.63) is 65.7 Å². The molecule has 5 heteroatoms. The van der Waals surface area contributed by atoms with Crippen molar-refractivity contribution in [2.75, 3.05) is 18.8 Å². The van der Waals surface area contributed by atoms with Crippen molar-refractivity contribution in [2.24, 2.45) is 0 Å². The van der Waals surface area contributed by atoms with Crippen LogP contribution in [0.3, 0.4) is 0 Å². The van der Waals surface area contributed by atoms with Crippen LogP contribution in [0.1, 0.15) is 28.8 Å². The van der Waals surface area contributed by atoms with E-state index >= 15 is 0 Å². The number of hydrogen-bond acceptors (Lipinski definition) is 4. The van der Waals surface area contributed by atoms with Crippen molar-refractivity contribution in [2.45, 2.75) is 30.3 Å². The molecule has 134 valence electrons. The first-order valence-corrected chi connectivity index (χ1v) is 9.91. The smallest absolute Gasteiger partial charge is 0.252 e. The quantitative estimate of drug-likeness (QED) is 0.793. The highest BCUT2D eigenvalue weighted by atomic mass is 32.2. The van der Waals surface area contributed by atoms with Gasteiger partial charge in [0.25, 0.3) is 5.91 Å². The normalized spacial score (nSPS) is 15.3. The summed E-state index contributed by atoms with van der Waals surface area (Å²) in [5.74, 6) is 0.315. The number of hydrogen-bond donors (Lipinski definition) is 1. The summed E-state index contributed by atoms with van der Waals surface area (Å²) in [7, 11) is 0. The first-order chi connectivity index (χ1) is 12.8. The molecule has 1 amide bonds. The maximum atomic E-state index is 12.6. The highest BCUT2D eigenvalue weighted by Crippen LogP contribution is 2.23. The lowest BCUT2D eigenvalue weighted by molar-refractivity contribution is 0.0906. The SMILES string of the molecule is N#CCSc1ccccc1C(=O)NC1CCN(Cc2ccccc2)CC1. The standard InChI is InChI=1S/C21H23N3OS/c22-12-15-26-20-9-5-4-8-19(20)21(25)23-18-10-13-24(14-11-18)16-17-6-2-1-3-7-17/h1-9,18H,10-11,13-16H2,(H,23,25). The van der Waals surface area contributed by atoms with Crippen LogP contribution in [0.5, 0.6) is 0 Å². The maximum absolute atomic E-state index is 12.6. The van der Waals surface area contributed by atoms with Crippen LogP contribution >= 0.6 is 11.8 Å². The minimum Gasteiger partial charge on any atom is -0.349 e. The van der Waals surface area contributed by atoms with E-state index in [0.29, 0.717) is 11.3 Å². The fourth-order valence-corrected chi connectivity index (χ4v) is 3.94. The second-order valence-electron chi connectivity index (χ2n) is 6.45. The van der Waals surface area contributed by atoms with Crippen molar-refractivity contribution < 1.29 is 4.79 Å². The topological polar surface area (TPSA) is 56.1 Å². The van der Waals surface area contributed by atoms with E-state index in [1.165, 1.54) is 17.3 Å². The van der Waals surface area contributed by atoms with Crippen molar-refractivity contribution in [3.63, 3.8) is 0 Å². The highest BCUT2D eigenvalue weighted by molar-refractivity contribution is 7.99. The average Bonchev–Trinajstić information content (AvgIpc) is 2.69. The first kappa shape index (κ1) is 18.5. The largest absolute Gasteiger partial charge is 0.349 e. The molecule has 1 aliphatic heterocycles. The molecule has 0 radical (unpaired) electrons. The van der Waals surface area contributed by atoms with Gasteiger partial charge in [0, 0.05) is 30.6 Å². The summed E-state index contributed by atoms with van der Waals surface area (Å²) in [6, 6.07) is 20.3. The molecule has 0 atom stereocenters. The molecule has 1 fully saturated rings. The van der Waals surface area contributed by atoms with Crippen molar-refractivity contribution in [1.29, 1.82) is 5.26 Å². The van der Waals surface area contributed by atoms with E-state index < -0.39 is 0 Å². The number of thioether (sulfide) groups is 1. The fourth-order valence-electron chi connectivity index (χ4n) is 3.23. The van der Waals surface area contributed by atoms with Gasteiger partial charge in [0.05, 0.1) is 17.4 Å². The van der Waals surface area contributed by atoms with Gasteiger partial charge < -0.3 is 5.32 Å². The molecule has 1 saturated heterocycles. The second-order valence-corrected chi connectivity index (χ2v) is 7.47. The zero-order chi connectivity index (χ0) is 18.2. The Morgan fingerprint density at radius 3 is 2.54 bits per heavy atom. The fraction of sp³-hybridized carbons (Fsp3) is 0.333. The van der Waals surface area contributed by atoms with Gasteiger partial charge in [0.2, 0.25) is 0 Å². The molecule has 26 heavy (non-hydrogen) atoms. The van der Waals surface area contributed by atoms with Crippen LogP contribution in [-0.4, -0.2) is 35.7 Å². The number of rotatable bonds is 6. The summed E-state index contributed by atoms with van der Waals surface area (Å²) in [6.45, 7) is 2.95. The minimum atomic E-state index is -0.0347. The Labute approximate surface area is 159 Å². The average molecular weight is 366 g/mol. The Morgan fingerprint density at radius 1 is 1.12 bits per heavy atom. The van der Waals surface area contributed by atoms with Crippen LogP contribution in [0.2, 0.25) is 0 Å². The van der Waals surface area contributed by atoms with Gasteiger partial charge in [-0.1, -0.05) is 42.5 Å². The molecule has 2 aromatic rings. The number of nitrogens with zero attached hydrogens (tertiary/aromatic N) is 2. The van der Waals surface area contributed by atoms with Crippen LogP contribution in [0.25, 0.3) is 0 Å². The molecule has 1 aliphatic rings. The summed E-state index contributed by atoms with van der Waals surface area (Å²) in [6.07, 6.45) is 1.93. The van der Waals surface area contributed by atoms with Crippen LogP contribution in [0.15, 0.2) is 59.5 Å². The Morgan fingerprint density at radius 2 is 1.81 bits per heavy atom. The molecule has 0 bridgehead atoms. The lowest BCUT2D eigenvalue weighted by atomic mass is 10.0. The number of piperidine rings is 1. The lowest BCUT2D eigenvalue weighted by Crippen LogP contribution is -2.44. The van der Waals surface area contributed by atoms with E-state index in [1.54, 1.807) is 0 Å². The van der Waals surface area contributed by atoms with Gasteiger partial charge in [-0.25, -0.2) is 0 Å². The van der Waals surface area contributed by atoms with E-state index in [4.69, 9.17) is 5.26 Å². The van der Waals surface area contributed by atoms with Gasteiger partial charge in [-0.15, -0.1) is 11.8 Å². The van der Waals surface area contributed by atoms with Crippen molar-refractivity contribution >= 4 is 17.7 Å². The van der Waals surface area contributed by atoms with E-state index in [0.717, 1.165) is 37.4 Å². The van der Waals surface area contributed by atoms with Crippen molar-refractivity contribution in [3.8, 4) is 6.07 Å². The number of carbonyl (C=O) groups excluding carboxylic acids is 1. The number of nitrogens with one attached hydrogen (secondary N) is 1. The maximum Gasteiger partial charge on any atom is 0.252 e. The van der Waals surface area contributed by atoms with Crippen LogP contribution < -0.4 is 5.32 Å². The predicted molar refractivity (Wildman–Crippen MR) is 105 cm³/mol. The second kappa shape index (κ2) is 9.42. The molecular weight excluding hydrogens is 342 g/mol. The Hall–Kier alpha value is -2.29. The third kappa shape index (κ3) is 5.10. The van der Waals surface area contributed by atoms with E-state index in [1.807, 2.05) is 30.3 Å². The lowest BCUT2D eigenvalue weighted by Gasteiger charge is -2.32. The molecule has 1 heterocycles. The molecule has 2 aromatic carbocycles. The summed E-state index contributed by atoms with van der Waals surface area (Å²) < 4.78 is 0. The molecule has 0 saturated carbocycles. The highest BCUT2D eigenvalue weighted by Gasteiger charge is 2.22. The third-order valence-corrected chi connectivity index (χ3v) is 5.54. The van der Waals surface area contributed by atoms with Gasteiger partial charge in [-0.3, -0.25) is 9.69 Å². The van der Waals surface area contributed by atoms with E-state index in [2.05, 4.69) is 40.6 Å². The van der Waals surface area contributed by atoms with Gasteiger partial charge in [-0.05, 0) is 30.5 Å². The molecule has 0 aliphatic carbocycles. The molecule has 1 N–H and O–H groups in total. The third-order valence-electron chi connectivity index (χ3n) is 4.60. The summed E-state index contributed by atoms with van der Waals surface area (Å²) >= 11 is 1.41. The van der Waals surface area contributed by atoms with Crippen molar-refractivity contribution in [1.82, 2.24) is 10.2 Å². The minimum absolute atomic E-state index is 0.0347. The number of benzene rings is 2. The Bertz CT molecular complexity index is 764. The van der Waals surface area contributed by atoms with Gasteiger partial charge in [0.15, 0.2) is 0 Å². The molecule has 4 nitrogen and oxygen atoms in total. The molecule has 0 spiro atoms. The molecule has 0 unspecified atom stereocenters. The zero-order valence-electron chi connectivity index (χ0n) is 14.7. The molecular formula is C21H23N3OS.